The van der Waals surface area contributed by atoms with Crippen LogP contribution in [0.2, 0.25) is 0 Å². The molecule has 0 aliphatic carbocycles. The average molecular weight is 467 g/mol. The van der Waals surface area contributed by atoms with E-state index in [2.05, 4.69) is 105 Å². The molecule has 1 rings (SSSR count). The van der Waals surface area contributed by atoms with E-state index in [1.54, 1.807) is 0 Å². The quantitative estimate of drug-likeness (QED) is 0.457. The summed E-state index contributed by atoms with van der Waals surface area (Å²) in [6, 6.07) is 0. The van der Waals surface area contributed by atoms with Crippen molar-refractivity contribution >= 4 is 18.9 Å². The zero-order chi connectivity index (χ0) is 20.2. The second kappa shape index (κ2) is 9.30. The molecule has 26 heavy (non-hydrogen) atoms. The van der Waals surface area contributed by atoms with Crippen LogP contribution in [0.5, 0.6) is 0 Å². The molecule has 0 saturated carbocycles. The van der Waals surface area contributed by atoms with E-state index in [1.165, 1.54) is 6.42 Å². The molecule has 1 aliphatic rings. The fraction of sp³-hybridized carbons (Fsp3) is 0.810. The maximum atomic E-state index is 3.83. The van der Waals surface area contributed by atoms with Crippen LogP contribution in [0.3, 0.4) is 0 Å². The summed E-state index contributed by atoms with van der Waals surface area (Å²) in [5, 5.41) is 0. The summed E-state index contributed by atoms with van der Waals surface area (Å²) >= 11 is -3.43. The van der Waals surface area contributed by atoms with Gasteiger partial charge in [-0.1, -0.05) is 0 Å². The Kier molecular flexibility index (Phi) is 8.52. The molecular weight excluding hydrogens is 427 g/mol. The summed E-state index contributed by atoms with van der Waals surface area (Å²) < 4.78 is 13.1. The third-order valence-electron chi connectivity index (χ3n) is 4.48. The van der Waals surface area contributed by atoms with Gasteiger partial charge in [-0.05, 0) is 0 Å². The topological polar surface area (TPSA) is 13.0 Å². The molecule has 0 aromatic rings. The van der Waals surface area contributed by atoms with Gasteiger partial charge in [0, 0.05) is 0 Å². The molecule has 0 atom stereocenters. The van der Waals surface area contributed by atoms with Crippen LogP contribution < -0.4 is 0 Å². The van der Waals surface area contributed by atoms with Gasteiger partial charge in [-0.15, -0.1) is 0 Å². The molecule has 4 nitrogen and oxygen atoms in total. The van der Waals surface area contributed by atoms with Gasteiger partial charge in [0.2, 0.25) is 0 Å². The van der Waals surface area contributed by atoms with Gasteiger partial charge in [-0.25, -0.2) is 0 Å². The van der Waals surface area contributed by atoms with Crippen molar-refractivity contribution in [3.8, 4) is 19.7 Å². The summed E-state index contributed by atoms with van der Waals surface area (Å²) in [5.41, 5.74) is 0.166. The molecule has 148 valence electrons. The minimum atomic E-state index is -3.43. The molecular formula is C21H40N4Sn. The van der Waals surface area contributed by atoms with Crippen LogP contribution in [0.4, 0.5) is 0 Å². The first-order valence-electron chi connectivity index (χ1n) is 9.66. The summed E-state index contributed by atoms with van der Waals surface area (Å²) in [6.45, 7) is 17.8. The van der Waals surface area contributed by atoms with Gasteiger partial charge >= 0.3 is 168 Å². The summed E-state index contributed by atoms with van der Waals surface area (Å²) in [5.74, 6) is 7.01. The number of nitrogens with zero attached hydrogens (tertiary/aromatic N) is 4. The SMILES string of the molecule is CN(C)CC#[C][Sn]1([C]#CCN(C)C)[N](C(C)(C)C)CCC[N]1C(C)(C)C. The van der Waals surface area contributed by atoms with Crippen molar-refractivity contribution in [3.63, 3.8) is 0 Å². The molecule has 0 spiro atoms. The normalized spacial score (nSPS) is 19.1. The van der Waals surface area contributed by atoms with Crippen molar-refractivity contribution in [2.24, 2.45) is 0 Å². The van der Waals surface area contributed by atoms with Crippen molar-refractivity contribution in [1.82, 2.24) is 16.0 Å². The first kappa shape index (κ1) is 23.8. The van der Waals surface area contributed by atoms with Gasteiger partial charge in [-0.2, -0.15) is 0 Å². The van der Waals surface area contributed by atoms with Crippen molar-refractivity contribution in [2.75, 3.05) is 54.4 Å². The Morgan fingerprint density at radius 2 is 1.08 bits per heavy atom. The van der Waals surface area contributed by atoms with Crippen LogP contribution in [0.1, 0.15) is 48.0 Å². The van der Waals surface area contributed by atoms with Crippen LogP contribution in [-0.2, 0) is 0 Å². The van der Waals surface area contributed by atoms with Crippen LogP contribution >= 0.6 is 0 Å². The van der Waals surface area contributed by atoms with Crippen molar-refractivity contribution in [3.05, 3.63) is 0 Å². The average Bonchev–Trinajstić information content (AvgIpc) is 2.44. The molecule has 0 radical (unpaired) electrons. The van der Waals surface area contributed by atoms with Crippen LogP contribution in [-0.4, -0.2) is 100 Å². The van der Waals surface area contributed by atoms with Gasteiger partial charge in [0.25, 0.3) is 0 Å². The maximum absolute atomic E-state index is 3.83. The molecule has 0 amide bonds. The van der Waals surface area contributed by atoms with Crippen molar-refractivity contribution < 1.29 is 0 Å². The number of hydrogen-bond donors (Lipinski definition) is 0. The standard InChI is InChI=1S/C11H24N2.2C5H8N.Sn/c1-10(2,3)12-8-7-9-13-11(4,5)6;2*1-4-5-6(2)3;/h7-9H2,1-6H3;2*5H2,2-3H3;/q-2;;;+2. The van der Waals surface area contributed by atoms with E-state index in [1.807, 2.05) is 0 Å². The minimum absolute atomic E-state index is 0.0829. The first-order valence-corrected chi connectivity index (χ1v) is 15.1. The van der Waals surface area contributed by atoms with E-state index in [4.69, 9.17) is 0 Å². The van der Waals surface area contributed by atoms with Gasteiger partial charge in [0.15, 0.2) is 0 Å². The van der Waals surface area contributed by atoms with Gasteiger partial charge < -0.3 is 0 Å². The zero-order valence-electron chi connectivity index (χ0n) is 18.8. The van der Waals surface area contributed by atoms with Gasteiger partial charge in [0.1, 0.15) is 0 Å². The zero-order valence-corrected chi connectivity index (χ0v) is 21.7. The predicted molar refractivity (Wildman–Crippen MR) is 116 cm³/mol. The third kappa shape index (κ3) is 6.43. The van der Waals surface area contributed by atoms with Crippen LogP contribution in [0, 0.1) is 19.7 Å². The van der Waals surface area contributed by atoms with E-state index in [9.17, 15) is 0 Å². The Morgan fingerprint density at radius 1 is 0.731 bits per heavy atom. The third-order valence-corrected chi connectivity index (χ3v) is 17.0. The first-order chi connectivity index (χ1) is 11.8. The van der Waals surface area contributed by atoms with E-state index < -0.39 is 18.9 Å². The molecule has 0 N–H and O–H groups in total. The van der Waals surface area contributed by atoms with E-state index in [0.29, 0.717) is 0 Å². The predicted octanol–water partition coefficient (Wildman–Crippen LogP) is 2.24. The molecule has 0 bridgehead atoms. The van der Waals surface area contributed by atoms with E-state index in [-0.39, 0.29) is 11.1 Å². The van der Waals surface area contributed by atoms with E-state index >= 15 is 0 Å². The molecule has 1 saturated heterocycles. The Bertz CT molecular complexity index is 524. The number of rotatable bonds is 2. The fourth-order valence-corrected chi connectivity index (χ4v) is 16.1. The van der Waals surface area contributed by atoms with E-state index in [0.717, 1.165) is 26.2 Å². The Hall–Kier alpha value is -0.241. The molecule has 1 fully saturated rings. The fourth-order valence-electron chi connectivity index (χ4n) is 3.44. The Morgan fingerprint density at radius 3 is 1.35 bits per heavy atom. The Balaban J connectivity index is 3.57. The Labute approximate surface area is 167 Å². The second-order valence-electron chi connectivity index (χ2n) is 9.75. The van der Waals surface area contributed by atoms with Crippen molar-refractivity contribution in [2.45, 2.75) is 59.0 Å². The second-order valence-corrected chi connectivity index (χ2v) is 18.1. The van der Waals surface area contributed by atoms with Crippen LogP contribution in [0.25, 0.3) is 0 Å². The van der Waals surface area contributed by atoms with Crippen LogP contribution in [0.15, 0.2) is 0 Å². The van der Waals surface area contributed by atoms with Gasteiger partial charge in [-0.3, -0.25) is 0 Å². The van der Waals surface area contributed by atoms with Crippen molar-refractivity contribution in [1.29, 1.82) is 0 Å². The summed E-state index contributed by atoms with van der Waals surface area (Å²) in [7, 11) is 8.33. The molecule has 1 aliphatic heterocycles. The molecule has 0 unspecified atom stereocenters. The molecule has 5 heteroatoms. The molecule has 1 heterocycles. The monoisotopic (exact) mass is 468 g/mol. The number of hydrogen-bond acceptors (Lipinski definition) is 4. The van der Waals surface area contributed by atoms with Gasteiger partial charge in [0.05, 0.1) is 0 Å². The summed E-state index contributed by atoms with van der Waals surface area (Å²) in [6.07, 6.45) is 1.19. The summed E-state index contributed by atoms with van der Waals surface area (Å²) in [4.78, 5) is 4.29. The molecule has 0 aromatic heterocycles. The molecule has 0 aromatic carbocycles.